The summed E-state index contributed by atoms with van der Waals surface area (Å²) < 4.78 is 57.5. The topological polar surface area (TPSA) is 379 Å². The highest BCUT2D eigenvalue weighted by Gasteiger charge is 2.20. The maximum atomic E-state index is 13.4. The molecule has 0 unspecified atom stereocenters. The van der Waals surface area contributed by atoms with Gasteiger partial charge in [0.2, 0.25) is 5.82 Å². The Morgan fingerprint density at radius 1 is 0.405 bits per heavy atom. The first-order valence-electron chi connectivity index (χ1n) is 33.8. The van der Waals surface area contributed by atoms with Crippen molar-refractivity contribution in [1.29, 1.82) is 0 Å². The molecule has 0 fully saturated rings. The number of esters is 2. The zero-order valence-corrected chi connectivity index (χ0v) is 65.8. The van der Waals surface area contributed by atoms with Gasteiger partial charge in [0.1, 0.15) is 22.8 Å². The number of anilines is 4. The zero-order valence-electron chi connectivity index (χ0n) is 61.2. The second kappa shape index (κ2) is 43.1. The van der Waals surface area contributed by atoms with Crippen molar-refractivity contribution in [2.75, 3.05) is 46.7 Å². The van der Waals surface area contributed by atoms with Crippen molar-refractivity contribution in [2.45, 2.75) is 93.1 Å². The molecule has 0 radical (unpaired) electrons. The van der Waals surface area contributed by atoms with Gasteiger partial charge in [-0.25, -0.2) is 8.78 Å². The van der Waals surface area contributed by atoms with Gasteiger partial charge < -0.3 is 38.1 Å². The van der Waals surface area contributed by atoms with Gasteiger partial charge in [-0.05, 0) is 204 Å². The Balaban J connectivity index is 0.000000213. The van der Waals surface area contributed by atoms with Gasteiger partial charge >= 0.3 is 17.6 Å². The number of benzene rings is 6. The number of nitrogen functional groups attached to an aromatic ring is 4. The Hall–Kier alpha value is -11.5. The number of aromatic nitrogens is 5. The van der Waals surface area contributed by atoms with Crippen LogP contribution in [0.15, 0.2) is 270 Å². The van der Waals surface area contributed by atoms with Crippen LogP contribution in [0.2, 0.25) is 0 Å². The number of nitro benzene ring substituents is 2. The minimum Gasteiger partial charge on any atom is -0.460 e. The van der Waals surface area contributed by atoms with Gasteiger partial charge in [0.05, 0.1) is 43.2 Å². The lowest BCUT2D eigenvalue weighted by molar-refractivity contribution is -0.387. The van der Waals surface area contributed by atoms with Gasteiger partial charge in [-0.2, -0.15) is 4.39 Å². The van der Waals surface area contributed by atoms with E-state index in [1.54, 1.807) is 163 Å². The molecule has 0 amide bonds. The fourth-order valence-electron chi connectivity index (χ4n) is 9.43. The number of ether oxygens (including phenoxy) is 2. The van der Waals surface area contributed by atoms with E-state index in [4.69, 9.17) is 38.1 Å². The van der Waals surface area contributed by atoms with Crippen molar-refractivity contribution in [3.05, 3.63) is 324 Å². The summed E-state index contributed by atoms with van der Waals surface area (Å²) in [5.74, 6) is -0.248. The van der Waals surface area contributed by atoms with Crippen LogP contribution < -0.4 is 56.5 Å². The monoisotopic (exact) mass is 1690 g/mol. The second-order valence-electron chi connectivity index (χ2n) is 25.4. The molecule has 25 nitrogen and oxygen atoms in total. The van der Waals surface area contributed by atoms with Crippen molar-refractivity contribution in [2.24, 2.45) is 5.73 Å². The molecule has 0 spiro atoms. The standard InChI is InChI=1S/C19H22N2O5S.C19H24N2O3S.C13H15N3OS.C11H7FN2O3.C11H9FN2O.C6H5FIN/c1-19(2,3)26-18(23)8-6-12-27-16-13-14(9-10-15(16)21(24)25)20-11-5-4-7-17(20)22;1-19(2,3)24-18(23)8-6-12-25-16-13-14(9-10-15(16)20)21-11-5-4-7-17(21)22;14-6-8-18-12-9-10(4-5-11(12)15)16-7-2-1-3-13(16)17;12-9-7-8(4-5-10(9)14(16)17)13-6-2-1-3-11(13)15;12-9-7-8(4-5-10(9)13)14-6-2-1-3-11(14)15;7-5-3-4(8)1-2-6(5)9/h4-5,7,9-11,13H,6,8,12H2,1-3H3;4-5,7,9-11,13H,6,8,12,20H2,1-3H3;1-5,7,9H,6,8,14-15H2;1-7H;1-7H,13H2;1-3H,9H2. The number of hydrogen-bond donors (Lipinski definition) is 5. The predicted octanol–water partition coefficient (Wildman–Crippen LogP) is 14.5. The molecular weight excluding hydrogens is 1610 g/mol. The number of rotatable bonds is 20. The predicted molar refractivity (Wildman–Crippen MR) is 442 cm³/mol. The summed E-state index contributed by atoms with van der Waals surface area (Å²) in [6, 6.07) is 52.1. The molecule has 111 heavy (non-hydrogen) atoms. The van der Waals surface area contributed by atoms with Gasteiger partial charge in [-0.3, -0.25) is 76.6 Å². The summed E-state index contributed by atoms with van der Waals surface area (Å²) in [6.07, 6.45) is 9.98. The number of carbonyl (C=O) groups is 2. The molecule has 6 aromatic carbocycles. The quantitative estimate of drug-likeness (QED) is 0.00900. The van der Waals surface area contributed by atoms with Crippen molar-refractivity contribution < 1.29 is 42.1 Å². The number of thioether (sulfide) groups is 3. The molecule has 11 aromatic rings. The van der Waals surface area contributed by atoms with Crippen LogP contribution >= 0.6 is 57.9 Å². The summed E-state index contributed by atoms with van der Waals surface area (Å²) in [5, 5.41) is 21.7. The van der Waals surface area contributed by atoms with Crippen LogP contribution in [-0.4, -0.2) is 79.6 Å². The first kappa shape index (κ1) is 88.4. The number of pyridine rings is 5. The molecule has 5 aromatic heterocycles. The van der Waals surface area contributed by atoms with Gasteiger partial charge in [0, 0.05) is 147 Å². The normalized spacial score (nSPS) is 10.7. The molecule has 0 bridgehead atoms. The number of carbonyl (C=O) groups excluding carboxylic acids is 2. The Morgan fingerprint density at radius 2 is 0.703 bits per heavy atom. The lowest BCUT2D eigenvalue weighted by atomic mass is 10.2. The average molecular weight is 1690 g/mol. The van der Waals surface area contributed by atoms with E-state index in [1.165, 1.54) is 92.3 Å². The van der Waals surface area contributed by atoms with Crippen molar-refractivity contribution in [3.63, 3.8) is 0 Å². The van der Waals surface area contributed by atoms with Gasteiger partial charge in [0.15, 0.2) is 0 Å². The molecule has 0 aliphatic heterocycles. The number of nitrogens with zero attached hydrogens (tertiary/aromatic N) is 7. The largest absolute Gasteiger partial charge is 0.460 e. The Morgan fingerprint density at radius 3 is 1.02 bits per heavy atom. The third-order valence-corrected chi connectivity index (χ3v) is 18.6. The van der Waals surface area contributed by atoms with E-state index in [0.29, 0.717) is 59.2 Å². The van der Waals surface area contributed by atoms with Gasteiger partial charge in [-0.1, -0.05) is 30.3 Å². The number of nitrogens with two attached hydrogens (primary N) is 5. The lowest BCUT2D eigenvalue weighted by Crippen LogP contribution is -2.23. The molecule has 0 atom stereocenters. The average Bonchev–Trinajstić information content (AvgIpc) is 0.836. The molecule has 5 heterocycles. The first-order valence-corrected chi connectivity index (χ1v) is 37.9. The molecule has 0 saturated carbocycles. The SMILES string of the molecule is CC(C)(C)OC(=O)CCCSc1cc(-n2ccccc2=O)ccc1N.CC(C)(C)OC(=O)CCCSc1cc(-n2ccccc2=O)ccc1[N+](=O)[O-].NCCSc1cc(-n2ccccc2=O)ccc1N.Nc1ccc(-n2ccccc2=O)cc1F.Nc1ccc(I)cc1F.O=c1ccccn1-c1ccc([N+](=O)[O-])c(F)c1. The summed E-state index contributed by atoms with van der Waals surface area (Å²) in [6.45, 7) is 11.6. The third kappa shape index (κ3) is 29.1. The maximum Gasteiger partial charge on any atom is 0.306 e. The fraction of sp³-hybridized carbons (Fsp3) is 0.203. The van der Waals surface area contributed by atoms with Crippen LogP contribution in [0.5, 0.6) is 0 Å². The van der Waals surface area contributed by atoms with Gasteiger partial charge in [0.25, 0.3) is 33.5 Å². The summed E-state index contributed by atoms with van der Waals surface area (Å²) in [5.41, 5.74) is 29.9. The number of halogens is 4. The van der Waals surface area contributed by atoms with Crippen molar-refractivity contribution in [1.82, 2.24) is 22.8 Å². The van der Waals surface area contributed by atoms with E-state index in [9.17, 15) is 67.0 Å². The number of nitro groups is 2. The summed E-state index contributed by atoms with van der Waals surface area (Å²) >= 11 is 6.48. The molecule has 582 valence electrons. The van der Waals surface area contributed by atoms with Crippen LogP contribution in [0.25, 0.3) is 28.4 Å². The maximum absolute atomic E-state index is 13.4. The molecule has 11 rings (SSSR count). The molecule has 32 heteroatoms. The van der Waals surface area contributed by atoms with Gasteiger partial charge in [-0.15, -0.1) is 35.3 Å². The Labute approximate surface area is 662 Å². The van der Waals surface area contributed by atoms with E-state index in [1.807, 2.05) is 85.8 Å². The Kier molecular flexibility index (Phi) is 34.3. The second-order valence-corrected chi connectivity index (χ2v) is 30.0. The van der Waals surface area contributed by atoms with Crippen LogP contribution in [0, 0.1) is 41.3 Å². The van der Waals surface area contributed by atoms with Crippen molar-refractivity contribution >= 4 is 104 Å². The highest BCUT2D eigenvalue weighted by atomic mass is 127. The van der Waals surface area contributed by atoms with Crippen LogP contribution in [-0.2, 0) is 19.1 Å². The summed E-state index contributed by atoms with van der Waals surface area (Å²) in [4.78, 5) is 105. The minimum atomic E-state index is -0.969. The molecule has 0 saturated heterocycles. The van der Waals surface area contributed by atoms with Crippen LogP contribution in [0.3, 0.4) is 0 Å². The highest BCUT2D eigenvalue weighted by Crippen LogP contribution is 2.33. The first-order chi connectivity index (χ1) is 52.6. The van der Waals surface area contributed by atoms with Crippen molar-refractivity contribution in [3.8, 4) is 28.4 Å². The molecule has 0 aliphatic rings. The van der Waals surface area contributed by atoms with E-state index in [2.05, 4.69) is 0 Å². The van der Waals surface area contributed by atoms with Crippen LogP contribution in [0.4, 0.5) is 47.3 Å². The fourth-order valence-corrected chi connectivity index (χ4v) is 12.6. The van der Waals surface area contributed by atoms with E-state index in [-0.39, 0.29) is 74.7 Å². The summed E-state index contributed by atoms with van der Waals surface area (Å²) in [7, 11) is 0. The molecule has 0 aliphatic carbocycles. The van der Waals surface area contributed by atoms with E-state index < -0.39 is 38.4 Å². The highest BCUT2D eigenvalue weighted by molar-refractivity contribution is 14.1. The lowest BCUT2D eigenvalue weighted by Gasteiger charge is -2.19. The Bertz CT molecular complexity index is 5340. The van der Waals surface area contributed by atoms with Crippen LogP contribution in [0.1, 0.15) is 67.2 Å². The number of hydrogen-bond acceptors (Lipinski definition) is 21. The van der Waals surface area contributed by atoms with E-state index >= 15 is 0 Å². The molecular formula is C79H82F3IN12O13S3. The minimum absolute atomic E-state index is 0.0231. The smallest absolute Gasteiger partial charge is 0.306 e. The zero-order chi connectivity index (χ0) is 81.5. The third-order valence-electron chi connectivity index (χ3n) is 14.5. The van der Waals surface area contributed by atoms with E-state index in [0.717, 1.165) is 48.4 Å². The molecule has 10 N–H and O–H groups in total.